The standard InChI is InChI=1S/C15H16ClN3O/c1-2-20-15-18-13(17-14(16)19-15)12-8-4-7-11(9-12)10-5-3-6-10/h4,7-10H,2-3,5-6H2,1H3. The van der Waals surface area contributed by atoms with Crippen molar-refractivity contribution in [3.05, 3.63) is 35.1 Å². The summed E-state index contributed by atoms with van der Waals surface area (Å²) in [7, 11) is 0. The summed E-state index contributed by atoms with van der Waals surface area (Å²) in [4.78, 5) is 12.5. The molecule has 1 aliphatic rings. The molecule has 1 heterocycles. The highest BCUT2D eigenvalue weighted by Gasteiger charge is 2.20. The minimum absolute atomic E-state index is 0.160. The highest BCUT2D eigenvalue weighted by atomic mass is 35.5. The summed E-state index contributed by atoms with van der Waals surface area (Å²) in [5, 5.41) is 0.160. The second kappa shape index (κ2) is 5.75. The van der Waals surface area contributed by atoms with Gasteiger partial charge in [-0.3, -0.25) is 0 Å². The molecule has 1 aliphatic carbocycles. The molecule has 0 N–H and O–H groups in total. The molecular weight excluding hydrogens is 274 g/mol. The number of rotatable bonds is 4. The smallest absolute Gasteiger partial charge is 0.321 e. The number of hydrogen-bond donors (Lipinski definition) is 0. The van der Waals surface area contributed by atoms with Crippen molar-refractivity contribution in [3.8, 4) is 17.4 Å². The monoisotopic (exact) mass is 289 g/mol. The Balaban J connectivity index is 1.95. The Kier molecular flexibility index (Phi) is 3.83. The maximum atomic E-state index is 5.93. The molecule has 20 heavy (non-hydrogen) atoms. The van der Waals surface area contributed by atoms with Crippen LogP contribution in [0.25, 0.3) is 11.4 Å². The van der Waals surface area contributed by atoms with Crippen molar-refractivity contribution in [2.45, 2.75) is 32.1 Å². The predicted octanol–water partition coefficient (Wildman–Crippen LogP) is 3.86. The molecule has 104 valence electrons. The minimum Gasteiger partial charge on any atom is -0.464 e. The predicted molar refractivity (Wildman–Crippen MR) is 78.0 cm³/mol. The Morgan fingerprint density at radius 3 is 2.80 bits per heavy atom. The first kappa shape index (κ1) is 13.3. The molecule has 0 bridgehead atoms. The van der Waals surface area contributed by atoms with E-state index in [1.807, 2.05) is 19.1 Å². The van der Waals surface area contributed by atoms with E-state index in [0.29, 0.717) is 18.3 Å². The Hall–Kier alpha value is -1.68. The maximum absolute atomic E-state index is 5.93. The van der Waals surface area contributed by atoms with Gasteiger partial charge < -0.3 is 4.74 Å². The van der Waals surface area contributed by atoms with Gasteiger partial charge in [0.25, 0.3) is 0 Å². The molecule has 3 rings (SSSR count). The van der Waals surface area contributed by atoms with Crippen LogP contribution in [0.2, 0.25) is 5.28 Å². The summed E-state index contributed by atoms with van der Waals surface area (Å²) in [5.41, 5.74) is 2.31. The summed E-state index contributed by atoms with van der Waals surface area (Å²) in [5.74, 6) is 1.24. The van der Waals surface area contributed by atoms with Gasteiger partial charge in [-0.1, -0.05) is 24.6 Å². The fourth-order valence-corrected chi connectivity index (χ4v) is 2.48. The van der Waals surface area contributed by atoms with Gasteiger partial charge in [-0.05, 0) is 48.9 Å². The molecule has 0 aliphatic heterocycles. The number of ether oxygens (including phenoxy) is 1. The molecule has 5 heteroatoms. The molecule has 0 unspecified atom stereocenters. The van der Waals surface area contributed by atoms with Gasteiger partial charge in [0.1, 0.15) is 0 Å². The van der Waals surface area contributed by atoms with E-state index in [0.717, 1.165) is 5.56 Å². The largest absolute Gasteiger partial charge is 0.464 e. The second-order valence-corrected chi connectivity index (χ2v) is 5.23. The number of halogens is 1. The Bertz CT molecular complexity index is 614. The Labute approximate surface area is 123 Å². The van der Waals surface area contributed by atoms with Gasteiger partial charge in [0.15, 0.2) is 5.82 Å². The van der Waals surface area contributed by atoms with Gasteiger partial charge in [0.05, 0.1) is 6.61 Å². The third kappa shape index (κ3) is 2.75. The van der Waals surface area contributed by atoms with Gasteiger partial charge in [0.2, 0.25) is 5.28 Å². The van der Waals surface area contributed by atoms with Gasteiger partial charge in [-0.2, -0.15) is 15.0 Å². The lowest BCUT2D eigenvalue weighted by Crippen LogP contribution is -2.08. The Morgan fingerprint density at radius 1 is 1.25 bits per heavy atom. The lowest BCUT2D eigenvalue weighted by atomic mass is 9.80. The Morgan fingerprint density at radius 2 is 2.10 bits per heavy atom. The lowest BCUT2D eigenvalue weighted by molar-refractivity contribution is 0.312. The SMILES string of the molecule is CCOc1nc(Cl)nc(-c2cccc(C3CCC3)c2)n1. The summed E-state index contributed by atoms with van der Waals surface area (Å²) < 4.78 is 5.31. The molecule has 0 radical (unpaired) electrons. The van der Waals surface area contributed by atoms with Crippen LogP contribution in [0.5, 0.6) is 6.01 Å². The zero-order valence-corrected chi connectivity index (χ0v) is 12.1. The van der Waals surface area contributed by atoms with Crippen LogP contribution in [0.15, 0.2) is 24.3 Å². The van der Waals surface area contributed by atoms with Gasteiger partial charge >= 0.3 is 6.01 Å². The van der Waals surface area contributed by atoms with Crippen LogP contribution >= 0.6 is 11.6 Å². The van der Waals surface area contributed by atoms with Crippen molar-refractivity contribution in [3.63, 3.8) is 0 Å². The van der Waals surface area contributed by atoms with E-state index in [2.05, 4.69) is 27.1 Å². The third-order valence-corrected chi connectivity index (χ3v) is 3.75. The molecule has 0 saturated heterocycles. The summed E-state index contributed by atoms with van der Waals surface area (Å²) in [6.45, 7) is 2.39. The van der Waals surface area contributed by atoms with Gasteiger partial charge in [-0.15, -0.1) is 0 Å². The fraction of sp³-hybridized carbons (Fsp3) is 0.400. The van der Waals surface area contributed by atoms with E-state index in [-0.39, 0.29) is 11.3 Å². The zero-order valence-electron chi connectivity index (χ0n) is 11.3. The normalized spacial score (nSPS) is 14.9. The van der Waals surface area contributed by atoms with E-state index in [1.54, 1.807) is 0 Å². The van der Waals surface area contributed by atoms with Crippen molar-refractivity contribution in [2.75, 3.05) is 6.61 Å². The molecule has 4 nitrogen and oxygen atoms in total. The topological polar surface area (TPSA) is 47.9 Å². The van der Waals surface area contributed by atoms with Gasteiger partial charge in [-0.25, -0.2) is 0 Å². The van der Waals surface area contributed by atoms with Crippen molar-refractivity contribution in [1.82, 2.24) is 15.0 Å². The molecule has 0 amide bonds. The molecule has 1 aromatic heterocycles. The molecule has 2 aromatic rings. The van der Waals surface area contributed by atoms with Crippen LogP contribution in [0.3, 0.4) is 0 Å². The fourth-order valence-electron chi connectivity index (χ4n) is 2.33. The third-order valence-electron chi connectivity index (χ3n) is 3.58. The van der Waals surface area contributed by atoms with Crippen LogP contribution in [0.1, 0.15) is 37.7 Å². The van der Waals surface area contributed by atoms with Crippen molar-refractivity contribution < 1.29 is 4.74 Å². The molecule has 1 saturated carbocycles. The minimum atomic E-state index is 0.160. The molecule has 1 aromatic carbocycles. The molecule has 0 spiro atoms. The van der Waals surface area contributed by atoms with Crippen LogP contribution in [0.4, 0.5) is 0 Å². The summed E-state index contributed by atoms with van der Waals surface area (Å²) in [6, 6.07) is 8.62. The number of hydrogen-bond acceptors (Lipinski definition) is 4. The number of benzene rings is 1. The first-order chi connectivity index (χ1) is 9.76. The zero-order chi connectivity index (χ0) is 13.9. The van der Waals surface area contributed by atoms with E-state index >= 15 is 0 Å². The average Bonchev–Trinajstić information content (AvgIpc) is 2.37. The second-order valence-electron chi connectivity index (χ2n) is 4.90. The maximum Gasteiger partial charge on any atom is 0.321 e. The number of nitrogens with zero attached hydrogens (tertiary/aromatic N) is 3. The van der Waals surface area contributed by atoms with E-state index in [1.165, 1.54) is 24.8 Å². The first-order valence-corrected chi connectivity index (χ1v) is 7.29. The van der Waals surface area contributed by atoms with Crippen LogP contribution < -0.4 is 4.74 Å². The van der Waals surface area contributed by atoms with Gasteiger partial charge in [0, 0.05) is 5.56 Å². The lowest BCUT2D eigenvalue weighted by Gasteiger charge is -2.26. The van der Waals surface area contributed by atoms with E-state index in [4.69, 9.17) is 16.3 Å². The highest BCUT2D eigenvalue weighted by Crippen LogP contribution is 2.37. The first-order valence-electron chi connectivity index (χ1n) is 6.91. The molecule has 0 atom stereocenters. The van der Waals surface area contributed by atoms with Crippen molar-refractivity contribution in [1.29, 1.82) is 0 Å². The van der Waals surface area contributed by atoms with E-state index < -0.39 is 0 Å². The average molecular weight is 290 g/mol. The van der Waals surface area contributed by atoms with Crippen LogP contribution in [-0.2, 0) is 0 Å². The van der Waals surface area contributed by atoms with Crippen LogP contribution in [-0.4, -0.2) is 21.6 Å². The van der Waals surface area contributed by atoms with Crippen molar-refractivity contribution >= 4 is 11.6 Å². The summed E-state index contributed by atoms with van der Waals surface area (Å²) >= 11 is 5.93. The van der Waals surface area contributed by atoms with E-state index in [9.17, 15) is 0 Å². The van der Waals surface area contributed by atoms with Crippen LogP contribution in [0, 0.1) is 0 Å². The molecular formula is C15H16ClN3O. The quantitative estimate of drug-likeness (QED) is 0.857. The highest BCUT2D eigenvalue weighted by molar-refractivity contribution is 6.28. The summed E-state index contributed by atoms with van der Waals surface area (Å²) in [6.07, 6.45) is 3.86. The molecule has 1 fully saturated rings. The number of aromatic nitrogens is 3. The van der Waals surface area contributed by atoms with Crippen molar-refractivity contribution in [2.24, 2.45) is 0 Å².